The second kappa shape index (κ2) is 7.66. The summed E-state index contributed by atoms with van der Waals surface area (Å²) in [6.07, 6.45) is 7.06. The molecule has 0 aliphatic carbocycles. The fourth-order valence-electron chi connectivity index (χ4n) is 2.55. The van der Waals surface area contributed by atoms with Gasteiger partial charge < -0.3 is 4.74 Å². The lowest BCUT2D eigenvalue weighted by Crippen LogP contribution is -2.17. The molecule has 0 radical (unpaired) electrons. The molecule has 2 aromatic heterocycles. The summed E-state index contributed by atoms with van der Waals surface area (Å²) in [5.41, 5.74) is 3.43. The van der Waals surface area contributed by atoms with Crippen molar-refractivity contribution in [3.05, 3.63) is 72.3 Å². The topological polar surface area (TPSA) is 51.1 Å². The molecular weight excluding hydrogens is 300 g/mol. The first-order valence-corrected chi connectivity index (χ1v) is 7.77. The minimum Gasteiger partial charge on any atom is -0.494 e. The maximum absolute atomic E-state index is 5.10. The molecule has 122 valence electrons. The van der Waals surface area contributed by atoms with Crippen LogP contribution in [-0.4, -0.2) is 34.0 Å². The normalized spacial score (nSPS) is 10.8. The SMILES string of the molecule is COc1cnc(-c2cccc(CN(C)Cc3cccnc3)c2)nc1. The molecule has 5 nitrogen and oxygen atoms in total. The van der Waals surface area contributed by atoms with Crippen molar-refractivity contribution in [3.8, 4) is 17.1 Å². The van der Waals surface area contributed by atoms with Crippen LogP contribution in [0.1, 0.15) is 11.1 Å². The Balaban J connectivity index is 1.70. The van der Waals surface area contributed by atoms with E-state index in [0.29, 0.717) is 11.6 Å². The summed E-state index contributed by atoms with van der Waals surface area (Å²) in [5, 5.41) is 0. The number of methoxy groups -OCH3 is 1. The molecule has 3 aromatic rings. The molecule has 0 unspecified atom stereocenters. The number of pyridine rings is 1. The highest BCUT2D eigenvalue weighted by Crippen LogP contribution is 2.19. The quantitative estimate of drug-likeness (QED) is 0.698. The van der Waals surface area contributed by atoms with Crippen LogP contribution in [0.2, 0.25) is 0 Å². The number of rotatable bonds is 6. The Morgan fingerprint density at radius 3 is 2.42 bits per heavy atom. The lowest BCUT2D eigenvalue weighted by molar-refractivity contribution is 0.319. The molecule has 1 aromatic carbocycles. The fourth-order valence-corrected chi connectivity index (χ4v) is 2.55. The number of aromatic nitrogens is 3. The third-order valence-electron chi connectivity index (χ3n) is 3.68. The molecule has 0 spiro atoms. The number of ether oxygens (including phenoxy) is 1. The number of benzene rings is 1. The van der Waals surface area contributed by atoms with Crippen molar-refractivity contribution < 1.29 is 4.74 Å². The lowest BCUT2D eigenvalue weighted by Gasteiger charge is -2.17. The second-order valence-electron chi connectivity index (χ2n) is 5.68. The molecule has 0 aliphatic heterocycles. The van der Waals surface area contributed by atoms with Gasteiger partial charge in [-0.3, -0.25) is 9.88 Å². The molecule has 0 N–H and O–H groups in total. The van der Waals surface area contributed by atoms with E-state index in [0.717, 1.165) is 18.7 Å². The van der Waals surface area contributed by atoms with E-state index < -0.39 is 0 Å². The Hall–Kier alpha value is -2.79. The molecule has 24 heavy (non-hydrogen) atoms. The zero-order chi connectivity index (χ0) is 16.8. The molecule has 0 fully saturated rings. The van der Waals surface area contributed by atoms with Gasteiger partial charge in [0.2, 0.25) is 0 Å². The molecule has 2 heterocycles. The molecule has 0 saturated carbocycles. The van der Waals surface area contributed by atoms with Crippen LogP contribution in [0.25, 0.3) is 11.4 Å². The first kappa shape index (κ1) is 16.1. The predicted molar refractivity (Wildman–Crippen MR) is 93.4 cm³/mol. The van der Waals surface area contributed by atoms with Crippen molar-refractivity contribution in [2.75, 3.05) is 14.2 Å². The Kier molecular flexibility index (Phi) is 5.13. The van der Waals surface area contributed by atoms with Gasteiger partial charge in [0.25, 0.3) is 0 Å². The van der Waals surface area contributed by atoms with E-state index in [2.05, 4.69) is 45.1 Å². The highest BCUT2D eigenvalue weighted by Gasteiger charge is 2.06. The monoisotopic (exact) mass is 320 g/mol. The summed E-state index contributed by atoms with van der Waals surface area (Å²) in [4.78, 5) is 15.1. The van der Waals surface area contributed by atoms with Crippen molar-refractivity contribution in [1.29, 1.82) is 0 Å². The van der Waals surface area contributed by atoms with Crippen molar-refractivity contribution in [3.63, 3.8) is 0 Å². The first-order valence-electron chi connectivity index (χ1n) is 7.77. The van der Waals surface area contributed by atoms with Crippen molar-refractivity contribution in [2.45, 2.75) is 13.1 Å². The average molecular weight is 320 g/mol. The summed E-state index contributed by atoms with van der Waals surface area (Å²) in [5.74, 6) is 1.36. The highest BCUT2D eigenvalue weighted by atomic mass is 16.5. The van der Waals surface area contributed by atoms with Crippen LogP contribution in [-0.2, 0) is 13.1 Å². The molecule has 3 rings (SSSR count). The molecule has 5 heteroatoms. The van der Waals surface area contributed by atoms with Crippen LogP contribution in [0.15, 0.2) is 61.2 Å². The third-order valence-corrected chi connectivity index (χ3v) is 3.68. The van der Waals surface area contributed by atoms with Gasteiger partial charge in [-0.2, -0.15) is 0 Å². The van der Waals surface area contributed by atoms with Gasteiger partial charge in [-0.15, -0.1) is 0 Å². The summed E-state index contributed by atoms with van der Waals surface area (Å²) in [7, 11) is 3.71. The Morgan fingerprint density at radius 2 is 1.71 bits per heavy atom. The van der Waals surface area contributed by atoms with Gasteiger partial charge in [0.1, 0.15) is 0 Å². The summed E-state index contributed by atoms with van der Waals surface area (Å²) < 4.78 is 5.10. The zero-order valence-corrected chi connectivity index (χ0v) is 13.9. The maximum Gasteiger partial charge on any atom is 0.159 e. The largest absolute Gasteiger partial charge is 0.494 e. The van der Waals surface area contributed by atoms with Gasteiger partial charge in [0, 0.05) is 31.0 Å². The standard InChI is InChI=1S/C19H20N4O/c1-23(14-16-6-4-8-20-10-16)13-15-5-3-7-17(9-15)19-21-11-18(24-2)12-22-19/h3-12H,13-14H2,1-2H3. The van der Waals surface area contributed by atoms with Crippen LogP contribution >= 0.6 is 0 Å². The van der Waals surface area contributed by atoms with Gasteiger partial charge in [0.05, 0.1) is 19.5 Å². The van der Waals surface area contributed by atoms with E-state index in [-0.39, 0.29) is 0 Å². The van der Waals surface area contributed by atoms with E-state index >= 15 is 0 Å². The molecule has 0 saturated heterocycles. The minimum atomic E-state index is 0.658. The minimum absolute atomic E-state index is 0.658. The van der Waals surface area contributed by atoms with Crippen LogP contribution < -0.4 is 4.74 Å². The maximum atomic E-state index is 5.10. The number of hydrogen-bond acceptors (Lipinski definition) is 5. The summed E-state index contributed by atoms with van der Waals surface area (Å²) >= 11 is 0. The third kappa shape index (κ3) is 4.14. The van der Waals surface area contributed by atoms with Crippen molar-refractivity contribution in [1.82, 2.24) is 19.9 Å². The zero-order valence-electron chi connectivity index (χ0n) is 13.9. The van der Waals surface area contributed by atoms with E-state index in [9.17, 15) is 0 Å². The number of hydrogen-bond donors (Lipinski definition) is 0. The van der Waals surface area contributed by atoms with E-state index in [1.165, 1.54) is 11.1 Å². The molecule has 0 amide bonds. The Morgan fingerprint density at radius 1 is 0.958 bits per heavy atom. The first-order chi connectivity index (χ1) is 11.7. The average Bonchev–Trinajstić information content (AvgIpc) is 2.63. The van der Waals surface area contributed by atoms with Gasteiger partial charge in [-0.1, -0.05) is 24.3 Å². The smallest absolute Gasteiger partial charge is 0.159 e. The summed E-state index contributed by atoms with van der Waals surface area (Å²) in [6.45, 7) is 1.70. The second-order valence-corrected chi connectivity index (χ2v) is 5.68. The van der Waals surface area contributed by atoms with E-state index in [1.54, 1.807) is 25.7 Å². The van der Waals surface area contributed by atoms with Gasteiger partial charge in [0.15, 0.2) is 11.6 Å². The van der Waals surface area contributed by atoms with Gasteiger partial charge in [-0.25, -0.2) is 9.97 Å². The molecular formula is C19H20N4O. The molecule has 0 bridgehead atoms. The van der Waals surface area contributed by atoms with Crippen LogP contribution in [0, 0.1) is 0 Å². The predicted octanol–water partition coefficient (Wildman–Crippen LogP) is 3.18. The van der Waals surface area contributed by atoms with Gasteiger partial charge >= 0.3 is 0 Å². The van der Waals surface area contributed by atoms with Crippen LogP contribution in [0.4, 0.5) is 0 Å². The van der Waals surface area contributed by atoms with Crippen molar-refractivity contribution in [2.24, 2.45) is 0 Å². The van der Waals surface area contributed by atoms with Gasteiger partial charge in [-0.05, 0) is 30.3 Å². The Labute approximate surface area is 142 Å². The van der Waals surface area contributed by atoms with E-state index in [4.69, 9.17) is 4.74 Å². The molecule has 0 aliphatic rings. The van der Waals surface area contributed by atoms with Crippen LogP contribution in [0.5, 0.6) is 5.75 Å². The van der Waals surface area contributed by atoms with Crippen LogP contribution in [0.3, 0.4) is 0 Å². The lowest BCUT2D eigenvalue weighted by atomic mass is 10.1. The van der Waals surface area contributed by atoms with E-state index in [1.807, 2.05) is 24.4 Å². The number of nitrogens with zero attached hydrogens (tertiary/aromatic N) is 4. The highest BCUT2D eigenvalue weighted by molar-refractivity contribution is 5.56. The molecule has 0 atom stereocenters. The fraction of sp³-hybridized carbons (Fsp3) is 0.211. The van der Waals surface area contributed by atoms with Crippen molar-refractivity contribution >= 4 is 0 Å². The summed E-state index contributed by atoms with van der Waals surface area (Å²) in [6, 6.07) is 12.4. The Bertz CT molecular complexity index is 775.